The maximum atomic E-state index is 13.8. The van der Waals surface area contributed by atoms with Crippen LogP contribution in [0.1, 0.15) is 70.0 Å². The van der Waals surface area contributed by atoms with Crippen LogP contribution in [-0.2, 0) is 18.0 Å². The van der Waals surface area contributed by atoms with Gasteiger partial charge >= 0.3 is 5.97 Å². The summed E-state index contributed by atoms with van der Waals surface area (Å²) >= 11 is 0. The van der Waals surface area contributed by atoms with E-state index >= 15 is 0 Å². The molecule has 47 heavy (non-hydrogen) atoms. The highest BCUT2D eigenvalue weighted by molar-refractivity contribution is 6.75. The summed E-state index contributed by atoms with van der Waals surface area (Å²) in [5.41, 5.74) is 2.39. The summed E-state index contributed by atoms with van der Waals surface area (Å²) in [6.45, 7) is 24.6. The predicted molar refractivity (Wildman–Crippen MR) is 197 cm³/mol. The number of fused-ring (bicyclic) bond motifs is 1. The molecule has 0 spiro atoms. The Hall–Kier alpha value is -3.76. The van der Waals surface area contributed by atoms with Gasteiger partial charge in [-0.1, -0.05) is 102 Å². The molecule has 0 unspecified atom stereocenters. The van der Waals surface area contributed by atoms with E-state index in [4.69, 9.17) is 23.1 Å². The molecule has 0 aromatic heterocycles. The van der Waals surface area contributed by atoms with Crippen LogP contribution in [0.2, 0.25) is 36.3 Å². The second kappa shape index (κ2) is 14.2. The van der Waals surface area contributed by atoms with Gasteiger partial charge in [-0.25, -0.2) is 4.79 Å². The van der Waals surface area contributed by atoms with Gasteiger partial charge in [-0.05, 0) is 72.5 Å². The van der Waals surface area contributed by atoms with Crippen LogP contribution in [-0.4, -0.2) is 29.2 Å². The van der Waals surface area contributed by atoms with E-state index in [1.54, 1.807) is 6.07 Å². The van der Waals surface area contributed by atoms with Gasteiger partial charge in [0.05, 0.1) is 17.4 Å². The Labute approximate surface area is 283 Å². The van der Waals surface area contributed by atoms with E-state index < -0.39 is 22.6 Å². The van der Waals surface area contributed by atoms with Crippen molar-refractivity contribution >= 4 is 33.4 Å². The number of rotatable bonds is 12. The zero-order valence-electron chi connectivity index (χ0n) is 30.1. The molecule has 4 aromatic carbocycles. The van der Waals surface area contributed by atoms with Gasteiger partial charge in [0.25, 0.3) is 16.6 Å². The summed E-state index contributed by atoms with van der Waals surface area (Å²) in [6, 6.07) is 25.8. The van der Waals surface area contributed by atoms with E-state index in [-0.39, 0.29) is 16.7 Å². The molecular weight excluding hydrogens is 621 g/mol. The number of carbonyl (C=O) groups excluding carboxylic acids is 1. The summed E-state index contributed by atoms with van der Waals surface area (Å²) in [6.07, 6.45) is 0. The first kappa shape index (κ1) is 36.1. The average molecular weight is 673 g/mol. The Balaban J connectivity index is 2.08. The molecule has 0 saturated heterocycles. The van der Waals surface area contributed by atoms with E-state index in [0.717, 1.165) is 16.5 Å². The van der Waals surface area contributed by atoms with Gasteiger partial charge < -0.3 is 23.1 Å². The minimum absolute atomic E-state index is 0.105. The first-order valence-corrected chi connectivity index (χ1v) is 22.3. The molecule has 0 aliphatic carbocycles. The SMILES string of the molecule is CCOC(=O)c1cc(O[Si](C)(C)C(C)(C)C)c2c(OCc3ccccc3)ccc(OCc3ccccc3)c2c1O[Si](C)(C)C(C)(C)C. The largest absolute Gasteiger partial charge is 0.543 e. The molecule has 0 saturated carbocycles. The lowest BCUT2D eigenvalue weighted by atomic mass is 10.0. The highest BCUT2D eigenvalue weighted by Crippen LogP contribution is 2.51. The second-order valence-corrected chi connectivity index (χ2v) is 24.5. The molecule has 0 amide bonds. The molecule has 8 heteroatoms. The molecule has 0 fully saturated rings. The molecule has 0 radical (unpaired) electrons. The highest BCUT2D eigenvalue weighted by Gasteiger charge is 2.43. The minimum atomic E-state index is -2.49. The van der Waals surface area contributed by atoms with E-state index in [0.29, 0.717) is 47.2 Å². The van der Waals surface area contributed by atoms with Gasteiger partial charge in [0.15, 0.2) is 0 Å². The molecule has 252 valence electrons. The number of ether oxygens (including phenoxy) is 3. The topological polar surface area (TPSA) is 63.2 Å². The smallest absolute Gasteiger partial charge is 0.342 e. The van der Waals surface area contributed by atoms with E-state index in [2.05, 4.69) is 67.7 Å². The van der Waals surface area contributed by atoms with Crippen LogP contribution in [0.3, 0.4) is 0 Å². The number of esters is 1. The van der Waals surface area contributed by atoms with Crippen LogP contribution in [0.5, 0.6) is 23.0 Å². The molecule has 0 bridgehead atoms. The summed E-state index contributed by atoms with van der Waals surface area (Å²) in [5, 5.41) is 1.12. The van der Waals surface area contributed by atoms with Crippen molar-refractivity contribution in [3.05, 3.63) is 95.6 Å². The van der Waals surface area contributed by atoms with Crippen molar-refractivity contribution in [1.29, 1.82) is 0 Å². The van der Waals surface area contributed by atoms with Gasteiger partial charge in [-0.3, -0.25) is 0 Å². The summed E-state index contributed by atoms with van der Waals surface area (Å²) in [5.74, 6) is 1.75. The first-order valence-electron chi connectivity index (χ1n) is 16.5. The zero-order chi connectivity index (χ0) is 34.6. The third kappa shape index (κ3) is 8.40. The molecule has 0 N–H and O–H groups in total. The Morgan fingerprint density at radius 1 is 0.617 bits per heavy atom. The Kier molecular flexibility index (Phi) is 10.9. The first-order chi connectivity index (χ1) is 21.9. The standard InChI is InChI=1S/C39H52O6Si2/c1-12-41-37(40)30-25-33(44-46(8,9)38(2,3)4)34-31(42-26-28-19-15-13-16-20-28)23-24-32(43-27-29-21-17-14-18-22-29)35(34)36(30)45-47(10,11)39(5,6)7/h13-25H,12,26-27H2,1-11H3. The normalized spacial score (nSPS) is 12.5. The molecule has 0 aliphatic heterocycles. The molecule has 4 rings (SSSR count). The van der Waals surface area contributed by atoms with Gasteiger partial charge in [0, 0.05) is 0 Å². The lowest BCUT2D eigenvalue weighted by molar-refractivity contribution is 0.0524. The third-order valence-electron chi connectivity index (χ3n) is 9.43. The van der Waals surface area contributed by atoms with Crippen molar-refractivity contribution < 1.29 is 27.9 Å². The molecule has 0 heterocycles. The summed E-state index contributed by atoms with van der Waals surface area (Å²) in [7, 11) is -4.90. The molecule has 0 atom stereocenters. The monoisotopic (exact) mass is 672 g/mol. The van der Waals surface area contributed by atoms with Gasteiger partial charge in [-0.15, -0.1) is 0 Å². The van der Waals surface area contributed by atoms with Crippen LogP contribution in [0.4, 0.5) is 0 Å². The average Bonchev–Trinajstić information content (AvgIpc) is 2.99. The maximum absolute atomic E-state index is 13.8. The van der Waals surface area contributed by atoms with Crippen molar-refractivity contribution in [3.8, 4) is 23.0 Å². The fourth-order valence-electron chi connectivity index (χ4n) is 4.53. The number of hydrogen-bond acceptors (Lipinski definition) is 6. The summed E-state index contributed by atoms with van der Waals surface area (Å²) in [4.78, 5) is 13.8. The lowest BCUT2D eigenvalue weighted by Crippen LogP contribution is -2.44. The minimum Gasteiger partial charge on any atom is -0.543 e. The van der Waals surface area contributed by atoms with Gasteiger partial charge in [-0.2, -0.15) is 0 Å². The molecule has 6 nitrogen and oxygen atoms in total. The predicted octanol–water partition coefficient (Wildman–Crippen LogP) is 10.9. The quantitative estimate of drug-likeness (QED) is 0.110. The lowest BCUT2D eigenvalue weighted by Gasteiger charge is -2.39. The fraction of sp³-hybridized carbons (Fsp3) is 0.410. The van der Waals surface area contributed by atoms with Crippen LogP contribution < -0.4 is 18.3 Å². The van der Waals surface area contributed by atoms with E-state index in [1.165, 1.54) is 0 Å². The van der Waals surface area contributed by atoms with Crippen LogP contribution in [0.15, 0.2) is 78.9 Å². The van der Waals surface area contributed by atoms with Crippen molar-refractivity contribution in [3.63, 3.8) is 0 Å². The summed E-state index contributed by atoms with van der Waals surface area (Å²) < 4.78 is 33.0. The zero-order valence-corrected chi connectivity index (χ0v) is 32.1. The van der Waals surface area contributed by atoms with Crippen molar-refractivity contribution in [2.24, 2.45) is 0 Å². The molecular formula is C39H52O6Si2. The Morgan fingerprint density at radius 3 is 1.51 bits per heavy atom. The van der Waals surface area contributed by atoms with E-state index in [1.807, 2.05) is 79.7 Å². The van der Waals surface area contributed by atoms with Crippen molar-refractivity contribution in [2.45, 2.75) is 97.9 Å². The second-order valence-electron chi connectivity index (χ2n) is 15.1. The van der Waals surface area contributed by atoms with E-state index in [9.17, 15) is 4.79 Å². The van der Waals surface area contributed by atoms with Gasteiger partial charge in [0.1, 0.15) is 41.8 Å². The van der Waals surface area contributed by atoms with Crippen LogP contribution >= 0.6 is 0 Å². The van der Waals surface area contributed by atoms with Crippen molar-refractivity contribution in [1.82, 2.24) is 0 Å². The van der Waals surface area contributed by atoms with Gasteiger partial charge in [0.2, 0.25) is 0 Å². The third-order valence-corrected chi connectivity index (χ3v) is 18.1. The highest BCUT2D eigenvalue weighted by atomic mass is 28.4. The number of carbonyl (C=O) groups is 1. The van der Waals surface area contributed by atoms with Crippen LogP contribution in [0.25, 0.3) is 10.8 Å². The molecule has 4 aromatic rings. The fourth-order valence-corrected chi connectivity index (χ4v) is 6.58. The number of hydrogen-bond donors (Lipinski definition) is 0. The van der Waals surface area contributed by atoms with Crippen molar-refractivity contribution in [2.75, 3.05) is 6.61 Å². The van der Waals surface area contributed by atoms with Crippen LogP contribution in [0, 0.1) is 0 Å². The molecule has 0 aliphatic rings. The maximum Gasteiger partial charge on any atom is 0.342 e. The Bertz CT molecular complexity index is 1670. The Morgan fingerprint density at radius 2 is 1.06 bits per heavy atom. The number of benzene rings is 4.